The van der Waals surface area contributed by atoms with Gasteiger partial charge in [0.1, 0.15) is 5.75 Å². The van der Waals surface area contributed by atoms with Gasteiger partial charge in [-0.1, -0.05) is 24.3 Å². The van der Waals surface area contributed by atoms with E-state index in [4.69, 9.17) is 4.74 Å². The fourth-order valence-corrected chi connectivity index (χ4v) is 3.33. The van der Waals surface area contributed by atoms with E-state index in [1.54, 1.807) is 61.3 Å². The minimum absolute atomic E-state index is 0.181. The molecule has 29 heavy (non-hydrogen) atoms. The van der Waals surface area contributed by atoms with Crippen molar-refractivity contribution >= 4 is 35.0 Å². The number of thioether (sulfide) groups is 1. The normalized spacial score (nSPS) is 10.3. The monoisotopic (exact) mass is 406 g/mol. The molecule has 148 valence electrons. The van der Waals surface area contributed by atoms with Crippen molar-refractivity contribution in [2.75, 3.05) is 24.0 Å². The maximum absolute atomic E-state index is 12.5. The third-order valence-electron chi connectivity index (χ3n) is 4.26. The highest BCUT2D eigenvalue weighted by molar-refractivity contribution is 7.97. The number of benzene rings is 3. The predicted octanol–water partition coefficient (Wildman–Crippen LogP) is 5.06. The van der Waals surface area contributed by atoms with Crippen LogP contribution in [0.4, 0.5) is 11.4 Å². The molecular weight excluding hydrogens is 384 g/mol. The molecule has 5 nitrogen and oxygen atoms in total. The second kappa shape index (κ2) is 9.80. The second-order valence-electron chi connectivity index (χ2n) is 6.32. The summed E-state index contributed by atoms with van der Waals surface area (Å²) in [5.41, 5.74) is 3.42. The van der Waals surface area contributed by atoms with Gasteiger partial charge in [0, 0.05) is 22.6 Å². The predicted molar refractivity (Wildman–Crippen MR) is 119 cm³/mol. The minimum Gasteiger partial charge on any atom is -0.495 e. The van der Waals surface area contributed by atoms with Crippen LogP contribution in [-0.2, 0) is 5.75 Å². The molecule has 0 radical (unpaired) electrons. The van der Waals surface area contributed by atoms with Crippen molar-refractivity contribution in [3.05, 3.63) is 89.5 Å². The van der Waals surface area contributed by atoms with E-state index in [0.29, 0.717) is 28.3 Å². The highest BCUT2D eigenvalue weighted by Gasteiger charge is 2.11. The summed E-state index contributed by atoms with van der Waals surface area (Å²) in [4.78, 5) is 25.0. The molecule has 0 aliphatic heterocycles. The number of ether oxygens (including phenoxy) is 1. The Bertz CT molecular complexity index is 1000. The minimum atomic E-state index is -0.253. The van der Waals surface area contributed by atoms with Crippen LogP contribution in [-0.4, -0.2) is 25.2 Å². The lowest BCUT2D eigenvalue weighted by atomic mass is 10.1. The zero-order valence-electron chi connectivity index (χ0n) is 16.3. The first-order valence-corrected chi connectivity index (χ1v) is 10.4. The van der Waals surface area contributed by atoms with Crippen LogP contribution in [0.2, 0.25) is 0 Å². The van der Waals surface area contributed by atoms with Crippen molar-refractivity contribution in [2.24, 2.45) is 0 Å². The Balaban J connectivity index is 1.66. The van der Waals surface area contributed by atoms with Gasteiger partial charge in [-0.15, -0.1) is 0 Å². The molecule has 0 bridgehead atoms. The Morgan fingerprint density at radius 3 is 2.31 bits per heavy atom. The number of rotatable bonds is 7. The Morgan fingerprint density at radius 2 is 1.59 bits per heavy atom. The number of nitrogens with one attached hydrogen (secondary N) is 2. The molecule has 0 atom stereocenters. The van der Waals surface area contributed by atoms with E-state index in [1.165, 1.54) is 0 Å². The molecular formula is C23H22N2O3S. The zero-order valence-corrected chi connectivity index (χ0v) is 17.1. The van der Waals surface area contributed by atoms with Crippen molar-refractivity contribution in [1.82, 2.24) is 0 Å². The number of hydrogen-bond donors (Lipinski definition) is 2. The highest BCUT2D eigenvalue weighted by Crippen LogP contribution is 2.24. The van der Waals surface area contributed by atoms with E-state index in [1.807, 2.05) is 36.6 Å². The molecule has 6 heteroatoms. The topological polar surface area (TPSA) is 67.4 Å². The van der Waals surface area contributed by atoms with Crippen LogP contribution in [0.3, 0.4) is 0 Å². The van der Waals surface area contributed by atoms with Crippen LogP contribution in [0.25, 0.3) is 0 Å². The molecule has 3 aromatic rings. The molecule has 2 amide bonds. The number of amides is 2. The molecule has 3 aromatic carbocycles. The number of anilines is 2. The van der Waals surface area contributed by atoms with E-state index < -0.39 is 0 Å². The summed E-state index contributed by atoms with van der Waals surface area (Å²) in [5, 5.41) is 5.69. The lowest BCUT2D eigenvalue weighted by molar-refractivity contribution is 0.101. The number of carbonyl (C=O) groups is 2. The summed E-state index contributed by atoms with van der Waals surface area (Å²) in [6.45, 7) is 0. The number of hydrogen-bond acceptors (Lipinski definition) is 4. The van der Waals surface area contributed by atoms with Crippen LogP contribution >= 0.6 is 11.8 Å². The van der Waals surface area contributed by atoms with Gasteiger partial charge in [0.2, 0.25) is 0 Å². The molecule has 0 unspecified atom stereocenters. The average Bonchev–Trinajstić information content (AvgIpc) is 2.75. The van der Waals surface area contributed by atoms with E-state index in [0.717, 1.165) is 11.3 Å². The summed E-state index contributed by atoms with van der Waals surface area (Å²) in [6, 6.07) is 21.5. The van der Waals surface area contributed by atoms with Gasteiger partial charge >= 0.3 is 0 Å². The Labute approximate surface area is 174 Å². The van der Waals surface area contributed by atoms with Crippen molar-refractivity contribution in [3.63, 3.8) is 0 Å². The molecule has 2 N–H and O–H groups in total. The third kappa shape index (κ3) is 5.39. The van der Waals surface area contributed by atoms with E-state index in [2.05, 4.69) is 10.6 Å². The SMILES string of the molecule is COc1ccccc1NC(=O)c1ccc(NC(=O)c2cccc(CSC)c2)cc1. The molecule has 3 rings (SSSR count). The average molecular weight is 407 g/mol. The van der Waals surface area contributed by atoms with E-state index in [9.17, 15) is 9.59 Å². The first-order chi connectivity index (χ1) is 14.1. The van der Waals surface area contributed by atoms with E-state index >= 15 is 0 Å². The Hall–Kier alpha value is -3.25. The van der Waals surface area contributed by atoms with Crippen molar-refractivity contribution in [2.45, 2.75) is 5.75 Å². The van der Waals surface area contributed by atoms with Gasteiger partial charge in [0.15, 0.2) is 0 Å². The van der Waals surface area contributed by atoms with Crippen molar-refractivity contribution in [1.29, 1.82) is 0 Å². The maximum Gasteiger partial charge on any atom is 0.255 e. The molecule has 0 heterocycles. The summed E-state index contributed by atoms with van der Waals surface area (Å²) < 4.78 is 5.25. The fourth-order valence-electron chi connectivity index (χ4n) is 2.82. The summed E-state index contributed by atoms with van der Waals surface area (Å²) in [5.74, 6) is 1.02. The van der Waals surface area contributed by atoms with Crippen LogP contribution < -0.4 is 15.4 Å². The number of carbonyl (C=O) groups excluding carboxylic acids is 2. The molecule has 0 spiro atoms. The van der Waals surface area contributed by atoms with Gasteiger partial charge in [0.05, 0.1) is 12.8 Å². The van der Waals surface area contributed by atoms with Crippen LogP contribution in [0.15, 0.2) is 72.8 Å². The Kier molecular flexibility index (Phi) is 6.92. The fraction of sp³-hybridized carbons (Fsp3) is 0.130. The van der Waals surface area contributed by atoms with Gasteiger partial charge in [-0.05, 0) is 60.4 Å². The van der Waals surface area contributed by atoms with Crippen LogP contribution in [0.5, 0.6) is 5.75 Å². The molecule has 0 aromatic heterocycles. The lowest BCUT2D eigenvalue weighted by Crippen LogP contribution is -2.14. The molecule has 0 aliphatic rings. The van der Waals surface area contributed by atoms with Gasteiger partial charge < -0.3 is 15.4 Å². The van der Waals surface area contributed by atoms with Crippen molar-refractivity contribution in [3.8, 4) is 5.75 Å². The largest absolute Gasteiger partial charge is 0.495 e. The van der Waals surface area contributed by atoms with Gasteiger partial charge in [-0.3, -0.25) is 9.59 Å². The maximum atomic E-state index is 12.5. The Morgan fingerprint density at radius 1 is 0.862 bits per heavy atom. The molecule has 0 aliphatic carbocycles. The van der Waals surface area contributed by atoms with Crippen LogP contribution in [0.1, 0.15) is 26.3 Å². The molecule has 0 saturated carbocycles. The highest BCUT2D eigenvalue weighted by atomic mass is 32.2. The summed E-state index contributed by atoms with van der Waals surface area (Å²) >= 11 is 1.71. The van der Waals surface area contributed by atoms with E-state index in [-0.39, 0.29) is 11.8 Å². The first-order valence-electron chi connectivity index (χ1n) is 9.04. The number of methoxy groups -OCH3 is 1. The smallest absolute Gasteiger partial charge is 0.255 e. The summed E-state index contributed by atoms with van der Waals surface area (Å²) in [6.07, 6.45) is 2.03. The summed E-state index contributed by atoms with van der Waals surface area (Å²) in [7, 11) is 1.55. The van der Waals surface area contributed by atoms with Gasteiger partial charge in [0.25, 0.3) is 11.8 Å². The van der Waals surface area contributed by atoms with Gasteiger partial charge in [-0.2, -0.15) is 11.8 Å². The van der Waals surface area contributed by atoms with Crippen molar-refractivity contribution < 1.29 is 14.3 Å². The molecule has 0 fully saturated rings. The van der Waals surface area contributed by atoms with Gasteiger partial charge in [-0.25, -0.2) is 0 Å². The second-order valence-corrected chi connectivity index (χ2v) is 7.19. The number of para-hydroxylation sites is 2. The standard InChI is InChI=1S/C23H22N2O3S/c1-28-21-9-4-3-8-20(21)25-22(26)17-10-12-19(13-11-17)24-23(27)18-7-5-6-16(14-18)15-29-2/h3-14H,15H2,1-2H3,(H,24,27)(H,25,26). The quantitative estimate of drug-likeness (QED) is 0.575. The lowest BCUT2D eigenvalue weighted by Gasteiger charge is -2.10. The zero-order chi connectivity index (χ0) is 20.6. The van der Waals surface area contributed by atoms with Crippen LogP contribution in [0, 0.1) is 0 Å². The third-order valence-corrected chi connectivity index (χ3v) is 4.88. The first kappa shape index (κ1) is 20.5. The molecule has 0 saturated heterocycles.